The molecule has 0 atom stereocenters. The Labute approximate surface area is 114 Å². The van der Waals surface area contributed by atoms with E-state index >= 15 is 0 Å². The molecule has 6 nitrogen and oxygen atoms in total. The van der Waals surface area contributed by atoms with Crippen LogP contribution in [0.15, 0.2) is 71.7 Å². The molecule has 1 aromatic heterocycles. The van der Waals surface area contributed by atoms with Gasteiger partial charge in [0, 0.05) is 5.39 Å². The van der Waals surface area contributed by atoms with E-state index in [1.54, 1.807) is 30.3 Å². The molecule has 0 unspecified atom stereocenters. The van der Waals surface area contributed by atoms with Crippen LogP contribution in [0, 0.1) is 0 Å². The molecule has 0 radical (unpaired) electrons. The summed E-state index contributed by atoms with van der Waals surface area (Å²) in [7, 11) is 0. The molecule has 0 N–H and O–H groups in total. The van der Waals surface area contributed by atoms with Crippen molar-refractivity contribution in [1.82, 2.24) is 25.8 Å². The second-order valence-corrected chi connectivity index (χ2v) is 3.67. The Kier molecular flexibility index (Phi) is 4.98. The second kappa shape index (κ2) is 7.42. The molecule has 0 amide bonds. The van der Waals surface area contributed by atoms with Crippen LogP contribution < -0.4 is 5.43 Å². The topological polar surface area (TPSA) is 81.5 Å². The van der Waals surface area contributed by atoms with E-state index in [0.29, 0.717) is 5.52 Å². The Balaban J connectivity index is 2.71. The van der Waals surface area contributed by atoms with E-state index in [2.05, 4.69) is 25.8 Å². The average molecular weight is 265 g/mol. The lowest BCUT2D eigenvalue weighted by Gasteiger charge is -1.87. The van der Waals surface area contributed by atoms with Gasteiger partial charge >= 0.3 is 0 Å². The molecule has 0 spiro atoms. The maximum atomic E-state index is 11.6. The van der Waals surface area contributed by atoms with Gasteiger partial charge in [0.2, 0.25) is 0 Å². The summed E-state index contributed by atoms with van der Waals surface area (Å²) in [6, 6.07) is 16.8. The van der Waals surface area contributed by atoms with Gasteiger partial charge in [-0.25, -0.2) is 0 Å². The van der Waals surface area contributed by atoms with Crippen molar-refractivity contribution in [2.45, 2.75) is 0 Å². The van der Waals surface area contributed by atoms with E-state index in [1.807, 2.05) is 18.2 Å². The number of nitrogens with zero attached hydrogens (tertiary/aromatic N) is 5. The summed E-state index contributed by atoms with van der Waals surface area (Å²) in [5, 5.41) is 18.7. The summed E-state index contributed by atoms with van der Waals surface area (Å²) in [6.07, 6.45) is 1.43. The second-order valence-electron chi connectivity index (χ2n) is 3.67. The number of aromatic nitrogens is 5. The molecular formula is C14H11N5O. The van der Waals surface area contributed by atoms with Crippen molar-refractivity contribution in [3.8, 4) is 0 Å². The third kappa shape index (κ3) is 4.34. The van der Waals surface area contributed by atoms with Gasteiger partial charge in [-0.3, -0.25) is 4.79 Å². The van der Waals surface area contributed by atoms with E-state index in [1.165, 1.54) is 18.3 Å². The van der Waals surface area contributed by atoms with Gasteiger partial charge in [-0.2, -0.15) is 0 Å². The minimum absolute atomic E-state index is 0.123. The first kappa shape index (κ1) is 13.4. The molecular weight excluding hydrogens is 254 g/mol. The molecule has 1 heterocycles. The molecule has 0 bridgehead atoms. The molecule has 0 aliphatic rings. The maximum Gasteiger partial charge on any atom is 0.178 e. The Hall–Kier alpha value is -3.02. The van der Waals surface area contributed by atoms with Crippen LogP contribution in [0.2, 0.25) is 0 Å². The monoisotopic (exact) mass is 265 g/mol. The van der Waals surface area contributed by atoms with E-state index in [4.69, 9.17) is 0 Å². The zero-order valence-corrected chi connectivity index (χ0v) is 10.5. The molecule has 0 aliphatic carbocycles. The third-order valence-corrected chi connectivity index (χ3v) is 2.28. The van der Waals surface area contributed by atoms with Crippen molar-refractivity contribution >= 4 is 10.9 Å². The first-order chi connectivity index (χ1) is 9.86. The fraction of sp³-hybridized carbons (Fsp3) is 0. The van der Waals surface area contributed by atoms with Crippen LogP contribution in [-0.4, -0.2) is 25.8 Å². The van der Waals surface area contributed by atoms with Crippen LogP contribution in [0.5, 0.6) is 0 Å². The third-order valence-electron chi connectivity index (χ3n) is 2.28. The first-order valence-corrected chi connectivity index (χ1v) is 5.85. The van der Waals surface area contributed by atoms with Crippen molar-refractivity contribution in [2.75, 3.05) is 0 Å². The van der Waals surface area contributed by atoms with Crippen molar-refractivity contribution in [3.63, 3.8) is 0 Å². The summed E-state index contributed by atoms with van der Waals surface area (Å²) in [5.74, 6) is 0. The van der Waals surface area contributed by atoms with E-state index in [9.17, 15) is 4.79 Å². The average Bonchev–Trinajstić information content (AvgIpc) is 2.48. The molecule has 1 aromatic carbocycles. The highest BCUT2D eigenvalue weighted by Gasteiger charge is 1.86. The van der Waals surface area contributed by atoms with Crippen molar-refractivity contribution < 1.29 is 0 Å². The Morgan fingerprint density at radius 2 is 1.55 bits per heavy atom. The smallest absolute Gasteiger partial charge is 0.178 e. The van der Waals surface area contributed by atoms with Crippen LogP contribution >= 0.6 is 0 Å². The molecule has 2 aromatic rings. The van der Waals surface area contributed by atoms with Gasteiger partial charge < -0.3 is 0 Å². The molecule has 6 heteroatoms. The molecule has 20 heavy (non-hydrogen) atoms. The normalized spacial score (nSPS) is 9.20. The number of hydrogen-bond donors (Lipinski definition) is 0. The van der Waals surface area contributed by atoms with Gasteiger partial charge in [0.15, 0.2) is 5.43 Å². The van der Waals surface area contributed by atoms with Gasteiger partial charge in [0.25, 0.3) is 0 Å². The number of hydrogen-bond acceptors (Lipinski definition) is 6. The summed E-state index contributed by atoms with van der Waals surface area (Å²) in [4.78, 5) is 11.6. The summed E-state index contributed by atoms with van der Waals surface area (Å²) in [5.41, 5.74) is 0.471. The lowest BCUT2D eigenvalue weighted by molar-refractivity contribution is 0.740. The van der Waals surface area contributed by atoms with Crippen molar-refractivity contribution in [2.24, 2.45) is 0 Å². The van der Waals surface area contributed by atoms with Crippen LogP contribution in [0.25, 0.3) is 10.9 Å². The fourth-order valence-corrected chi connectivity index (χ4v) is 1.39. The molecule has 0 saturated carbocycles. The van der Waals surface area contributed by atoms with Crippen molar-refractivity contribution in [3.05, 3.63) is 77.1 Å². The highest BCUT2D eigenvalue weighted by Crippen LogP contribution is 2.05. The minimum atomic E-state index is -0.123. The zero-order valence-electron chi connectivity index (χ0n) is 10.5. The Morgan fingerprint density at radius 3 is 2.50 bits per heavy atom. The van der Waals surface area contributed by atoms with Gasteiger partial charge in [0.05, 0.1) is 11.7 Å². The highest BCUT2D eigenvalue weighted by atomic mass is 16.1. The van der Waals surface area contributed by atoms with Crippen LogP contribution in [-0.2, 0) is 0 Å². The standard InChI is InChI=1S/C14H11N5O/c20-13-7-2-1-5-11-15-17-19-18-16-14-8-4-3-6-12(14)9-10-13/h1-11H. The predicted octanol–water partition coefficient (Wildman–Crippen LogP) is 1.42. The Bertz CT molecular complexity index is 764. The number of rotatable bonds is 0. The van der Waals surface area contributed by atoms with Crippen LogP contribution in [0.1, 0.15) is 0 Å². The molecule has 0 aliphatic heterocycles. The Morgan fingerprint density at radius 1 is 0.700 bits per heavy atom. The predicted molar refractivity (Wildman–Crippen MR) is 74.4 cm³/mol. The quantitative estimate of drug-likeness (QED) is 0.716. The van der Waals surface area contributed by atoms with Crippen LogP contribution in [0.3, 0.4) is 0 Å². The van der Waals surface area contributed by atoms with E-state index in [-0.39, 0.29) is 5.43 Å². The van der Waals surface area contributed by atoms with Crippen LogP contribution in [0.4, 0.5) is 0 Å². The number of fused-ring (bicyclic) bond motifs is 1. The lowest BCUT2D eigenvalue weighted by Crippen LogP contribution is -1.89. The van der Waals surface area contributed by atoms with E-state index < -0.39 is 0 Å². The molecule has 98 valence electrons. The van der Waals surface area contributed by atoms with Gasteiger partial charge in [-0.1, -0.05) is 30.3 Å². The largest absolute Gasteiger partial charge is 0.290 e. The minimum Gasteiger partial charge on any atom is -0.290 e. The molecule has 0 saturated heterocycles. The highest BCUT2D eigenvalue weighted by molar-refractivity contribution is 5.76. The fourth-order valence-electron chi connectivity index (χ4n) is 1.39. The first-order valence-electron chi connectivity index (χ1n) is 5.85. The summed E-state index contributed by atoms with van der Waals surface area (Å²) >= 11 is 0. The lowest BCUT2D eigenvalue weighted by atomic mass is 10.2. The van der Waals surface area contributed by atoms with Gasteiger partial charge in [0.1, 0.15) is 0 Å². The molecule has 2 rings (SSSR count). The number of benzene rings is 1. The van der Waals surface area contributed by atoms with E-state index in [0.717, 1.165) is 5.39 Å². The summed E-state index contributed by atoms with van der Waals surface area (Å²) in [6.45, 7) is 0. The zero-order chi connectivity index (χ0) is 14.0. The van der Waals surface area contributed by atoms with Crippen molar-refractivity contribution in [1.29, 1.82) is 0 Å². The van der Waals surface area contributed by atoms with Gasteiger partial charge in [-0.05, 0) is 46.0 Å². The molecule has 0 fully saturated rings. The SMILES string of the molecule is O=c1cccccnnnnnc2ccccc2cc1. The van der Waals surface area contributed by atoms with Gasteiger partial charge in [-0.15, -0.1) is 10.2 Å². The summed E-state index contributed by atoms with van der Waals surface area (Å²) < 4.78 is 0. The maximum absolute atomic E-state index is 11.6.